The van der Waals surface area contributed by atoms with Crippen LogP contribution in [0.5, 0.6) is 5.75 Å². The summed E-state index contributed by atoms with van der Waals surface area (Å²) in [5, 5.41) is 12.9. The van der Waals surface area contributed by atoms with Crippen molar-refractivity contribution in [3.05, 3.63) is 42.5 Å². The zero-order valence-corrected chi connectivity index (χ0v) is 12.8. The standard InChI is InChI=1S/C18H18N4O/c19-8-12-3-13(14-9-20-11-21-10-14)5-17(4-12)23-18-6-15-1-2-16(7-18)22-15/h3-5,9-11,15-16,18,22H,1-2,6-7H2/t15-,16+,18-. The quantitative estimate of drug-likeness (QED) is 0.944. The highest BCUT2D eigenvalue weighted by atomic mass is 16.5. The molecule has 3 heterocycles. The van der Waals surface area contributed by atoms with Gasteiger partial charge in [0.25, 0.3) is 0 Å². The van der Waals surface area contributed by atoms with Gasteiger partial charge in [0.1, 0.15) is 18.2 Å². The highest BCUT2D eigenvalue weighted by Crippen LogP contribution is 2.31. The van der Waals surface area contributed by atoms with Crippen LogP contribution in [0.15, 0.2) is 36.9 Å². The van der Waals surface area contributed by atoms with Gasteiger partial charge in [-0.3, -0.25) is 0 Å². The van der Waals surface area contributed by atoms with Gasteiger partial charge in [0.2, 0.25) is 0 Å². The summed E-state index contributed by atoms with van der Waals surface area (Å²) in [6.45, 7) is 0. The molecular formula is C18H18N4O. The second-order valence-electron chi connectivity index (χ2n) is 6.33. The lowest BCUT2D eigenvalue weighted by atomic mass is 10.0. The Kier molecular flexibility index (Phi) is 3.68. The molecule has 0 spiro atoms. The largest absolute Gasteiger partial charge is 0.490 e. The third-order valence-corrected chi connectivity index (χ3v) is 4.66. The Morgan fingerprint density at radius 3 is 2.48 bits per heavy atom. The van der Waals surface area contributed by atoms with E-state index in [-0.39, 0.29) is 6.10 Å². The fourth-order valence-electron chi connectivity index (χ4n) is 3.64. The summed E-state index contributed by atoms with van der Waals surface area (Å²) < 4.78 is 6.21. The average Bonchev–Trinajstić information content (AvgIpc) is 2.94. The lowest BCUT2D eigenvalue weighted by Gasteiger charge is -2.29. The maximum absolute atomic E-state index is 9.29. The molecule has 2 aliphatic rings. The minimum absolute atomic E-state index is 0.225. The number of nitrogens with zero attached hydrogens (tertiary/aromatic N) is 3. The number of benzene rings is 1. The number of ether oxygens (including phenoxy) is 1. The molecule has 1 aromatic carbocycles. The Bertz CT molecular complexity index is 728. The first-order valence-electron chi connectivity index (χ1n) is 8.03. The van der Waals surface area contributed by atoms with Crippen LogP contribution in [0.25, 0.3) is 11.1 Å². The van der Waals surface area contributed by atoms with Crippen LogP contribution in [0, 0.1) is 11.3 Å². The number of piperidine rings is 1. The van der Waals surface area contributed by atoms with Crippen LogP contribution in [-0.2, 0) is 0 Å². The van der Waals surface area contributed by atoms with Crippen LogP contribution in [0.4, 0.5) is 0 Å². The predicted molar refractivity (Wildman–Crippen MR) is 85.8 cm³/mol. The van der Waals surface area contributed by atoms with Gasteiger partial charge >= 0.3 is 0 Å². The van der Waals surface area contributed by atoms with Crippen molar-refractivity contribution in [2.24, 2.45) is 0 Å². The topological polar surface area (TPSA) is 70.8 Å². The normalized spacial score (nSPS) is 25.8. The molecule has 1 N–H and O–H groups in total. The van der Waals surface area contributed by atoms with Crippen molar-refractivity contribution < 1.29 is 4.74 Å². The molecule has 2 aromatic rings. The molecule has 116 valence electrons. The molecule has 5 nitrogen and oxygen atoms in total. The molecule has 23 heavy (non-hydrogen) atoms. The summed E-state index contributed by atoms with van der Waals surface area (Å²) in [7, 11) is 0. The summed E-state index contributed by atoms with van der Waals surface area (Å²) in [6, 6.07) is 9.02. The Morgan fingerprint density at radius 1 is 1.04 bits per heavy atom. The fourth-order valence-corrected chi connectivity index (χ4v) is 3.64. The summed E-state index contributed by atoms with van der Waals surface area (Å²) in [6.07, 6.45) is 9.79. The molecule has 0 amide bonds. The molecule has 1 aromatic heterocycles. The van der Waals surface area contributed by atoms with Crippen LogP contribution in [0.3, 0.4) is 0 Å². The monoisotopic (exact) mass is 306 g/mol. The Morgan fingerprint density at radius 2 is 1.78 bits per heavy atom. The maximum Gasteiger partial charge on any atom is 0.121 e. The highest BCUT2D eigenvalue weighted by molar-refractivity contribution is 5.65. The van der Waals surface area contributed by atoms with Crippen molar-refractivity contribution in [2.75, 3.05) is 0 Å². The molecule has 2 fully saturated rings. The molecule has 2 aliphatic heterocycles. The minimum Gasteiger partial charge on any atom is -0.490 e. The van der Waals surface area contributed by atoms with E-state index < -0.39 is 0 Å². The van der Waals surface area contributed by atoms with Gasteiger partial charge in [-0.05, 0) is 49.4 Å². The predicted octanol–water partition coefficient (Wildman–Crippen LogP) is 2.68. The summed E-state index contributed by atoms with van der Waals surface area (Å²) in [4.78, 5) is 8.09. The smallest absolute Gasteiger partial charge is 0.121 e. The third kappa shape index (κ3) is 3.03. The van der Waals surface area contributed by atoms with Crippen LogP contribution in [0.1, 0.15) is 31.2 Å². The van der Waals surface area contributed by atoms with E-state index in [1.165, 1.54) is 19.2 Å². The van der Waals surface area contributed by atoms with Gasteiger partial charge in [0.15, 0.2) is 0 Å². The van der Waals surface area contributed by atoms with Crippen molar-refractivity contribution in [3.63, 3.8) is 0 Å². The Balaban J connectivity index is 1.60. The fraction of sp³-hybridized carbons (Fsp3) is 0.389. The van der Waals surface area contributed by atoms with Gasteiger partial charge < -0.3 is 10.1 Å². The van der Waals surface area contributed by atoms with Gasteiger partial charge in [-0.2, -0.15) is 5.26 Å². The first-order chi connectivity index (χ1) is 11.3. The zero-order valence-electron chi connectivity index (χ0n) is 12.8. The number of nitrogens with one attached hydrogen (secondary N) is 1. The van der Waals surface area contributed by atoms with Gasteiger partial charge in [0.05, 0.1) is 11.6 Å². The van der Waals surface area contributed by atoms with Crippen LogP contribution in [0.2, 0.25) is 0 Å². The number of rotatable bonds is 3. The van der Waals surface area contributed by atoms with E-state index in [9.17, 15) is 5.26 Å². The van der Waals surface area contributed by atoms with Gasteiger partial charge in [-0.1, -0.05) is 0 Å². The number of aromatic nitrogens is 2. The molecule has 3 atom stereocenters. The van der Waals surface area contributed by atoms with Crippen LogP contribution in [-0.4, -0.2) is 28.2 Å². The molecule has 0 radical (unpaired) electrons. The SMILES string of the molecule is N#Cc1cc(O[C@@H]2C[C@H]3CC[C@@H](C2)N3)cc(-c2cncnc2)c1. The van der Waals surface area contributed by atoms with Gasteiger partial charge in [-0.15, -0.1) is 0 Å². The number of hydrogen-bond donors (Lipinski definition) is 1. The second-order valence-corrected chi connectivity index (χ2v) is 6.33. The molecule has 0 saturated carbocycles. The van der Waals surface area contributed by atoms with E-state index in [4.69, 9.17) is 4.74 Å². The summed E-state index contributed by atoms with van der Waals surface area (Å²) in [5.41, 5.74) is 2.40. The Labute approximate surface area is 135 Å². The van der Waals surface area contributed by atoms with Crippen molar-refractivity contribution in [1.82, 2.24) is 15.3 Å². The molecule has 2 bridgehead atoms. The third-order valence-electron chi connectivity index (χ3n) is 4.66. The number of hydrogen-bond acceptors (Lipinski definition) is 5. The van der Waals surface area contributed by atoms with Crippen LogP contribution < -0.4 is 10.1 Å². The minimum atomic E-state index is 0.225. The second kappa shape index (κ2) is 5.98. The maximum atomic E-state index is 9.29. The highest BCUT2D eigenvalue weighted by Gasteiger charge is 2.34. The lowest BCUT2D eigenvalue weighted by molar-refractivity contribution is 0.137. The molecule has 4 rings (SSSR count). The number of fused-ring (bicyclic) bond motifs is 2. The van der Waals surface area contributed by atoms with E-state index in [1.54, 1.807) is 12.4 Å². The Hall–Kier alpha value is -2.45. The molecular weight excluding hydrogens is 288 g/mol. The lowest BCUT2D eigenvalue weighted by Crippen LogP contribution is -2.42. The van der Waals surface area contributed by atoms with Crippen molar-refractivity contribution in [3.8, 4) is 22.9 Å². The van der Waals surface area contributed by atoms with Gasteiger partial charge in [-0.25, -0.2) is 9.97 Å². The zero-order chi connectivity index (χ0) is 15.6. The average molecular weight is 306 g/mol. The van der Waals surface area contributed by atoms with E-state index in [0.29, 0.717) is 17.6 Å². The number of nitriles is 1. The first kappa shape index (κ1) is 14.2. The molecule has 5 heteroatoms. The van der Waals surface area contributed by atoms with E-state index in [1.807, 2.05) is 18.2 Å². The van der Waals surface area contributed by atoms with Crippen molar-refractivity contribution in [1.29, 1.82) is 5.26 Å². The van der Waals surface area contributed by atoms with Gasteiger partial charge in [0, 0.05) is 30.0 Å². The van der Waals surface area contributed by atoms with E-state index in [0.717, 1.165) is 29.7 Å². The van der Waals surface area contributed by atoms with Crippen molar-refractivity contribution in [2.45, 2.75) is 43.9 Å². The molecule has 0 unspecified atom stereocenters. The van der Waals surface area contributed by atoms with E-state index >= 15 is 0 Å². The van der Waals surface area contributed by atoms with Crippen LogP contribution >= 0.6 is 0 Å². The van der Waals surface area contributed by atoms with E-state index in [2.05, 4.69) is 21.4 Å². The summed E-state index contributed by atoms with van der Waals surface area (Å²) >= 11 is 0. The van der Waals surface area contributed by atoms with Crippen molar-refractivity contribution >= 4 is 0 Å². The summed E-state index contributed by atoms with van der Waals surface area (Å²) in [5.74, 6) is 0.759. The molecule has 2 saturated heterocycles. The first-order valence-corrected chi connectivity index (χ1v) is 8.03. The molecule has 0 aliphatic carbocycles.